The second-order valence-corrected chi connectivity index (χ2v) is 4.62. The summed E-state index contributed by atoms with van der Waals surface area (Å²) in [6, 6.07) is 14.2. The van der Waals surface area contributed by atoms with E-state index in [0.29, 0.717) is 5.69 Å². The number of thiocarbonyl (C=S) groups is 1. The number of halogens is 1. The Morgan fingerprint density at radius 1 is 1.15 bits per heavy atom. The Morgan fingerprint density at radius 3 is 2.55 bits per heavy atom. The first-order valence-electron chi connectivity index (χ1n) is 6.06. The molecule has 2 aromatic carbocycles. The Hall–Kier alpha value is -2.27. The molecule has 20 heavy (non-hydrogen) atoms. The fourth-order valence-corrected chi connectivity index (χ4v) is 1.69. The van der Waals surface area contributed by atoms with Gasteiger partial charge in [0.2, 0.25) is 0 Å². The van der Waals surface area contributed by atoms with Gasteiger partial charge in [0.15, 0.2) is 5.11 Å². The average molecular weight is 287 g/mol. The Morgan fingerprint density at radius 2 is 1.85 bits per heavy atom. The number of hydrogen-bond acceptors (Lipinski definition) is 2. The molecule has 0 amide bonds. The summed E-state index contributed by atoms with van der Waals surface area (Å²) in [6.45, 7) is 2.02. The van der Waals surface area contributed by atoms with Crippen molar-refractivity contribution < 1.29 is 4.39 Å². The highest BCUT2D eigenvalue weighted by Gasteiger charge is 2.01. The maximum atomic E-state index is 13.4. The molecule has 0 bridgehead atoms. The molecule has 0 spiro atoms. The Labute approximate surface area is 122 Å². The summed E-state index contributed by atoms with van der Waals surface area (Å²) in [4.78, 5) is 0. The molecule has 0 atom stereocenters. The van der Waals surface area contributed by atoms with Crippen molar-refractivity contribution in [1.82, 2.24) is 5.43 Å². The fourth-order valence-electron chi connectivity index (χ4n) is 1.53. The standard InChI is InChI=1S/C15H14FN3S/c1-11-6-8-12(9-7-11)10-17-19-15(20)18-14-5-3-2-4-13(14)16/h2-10H,1H3,(H2,18,19,20)/b17-10-. The van der Waals surface area contributed by atoms with Gasteiger partial charge in [0.25, 0.3) is 0 Å². The van der Waals surface area contributed by atoms with Crippen LogP contribution in [0.2, 0.25) is 0 Å². The zero-order chi connectivity index (χ0) is 14.4. The van der Waals surface area contributed by atoms with E-state index in [1.807, 2.05) is 31.2 Å². The lowest BCUT2D eigenvalue weighted by Crippen LogP contribution is -2.24. The number of benzene rings is 2. The van der Waals surface area contributed by atoms with Crippen LogP contribution in [0.25, 0.3) is 0 Å². The predicted octanol–water partition coefficient (Wildman–Crippen LogP) is 3.45. The largest absolute Gasteiger partial charge is 0.329 e. The van der Waals surface area contributed by atoms with Gasteiger partial charge in [-0.15, -0.1) is 0 Å². The second kappa shape index (κ2) is 6.77. The van der Waals surface area contributed by atoms with Crippen LogP contribution < -0.4 is 10.7 Å². The summed E-state index contributed by atoms with van der Waals surface area (Å²) < 4.78 is 13.4. The molecular weight excluding hydrogens is 273 g/mol. The van der Waals surface area contributed by atoms with E-state index in [0.717, 1.165) is 5.56 Å². The van der Waals surface area contributed by atoms with E-state index in [1.165, 1.54) is 11.6 Å². The number of para-hydroxylation sites is 1. The second-order valence-electron chi connectivity index (χ2n) is 4.21. The minimum atomic E-state index is -0.362. The maximum Gasteiger partial charge on any atom is 0.191 e. The number of rotatable bonds is 3. The van der Waals surface area contributed by atoms with Gasteiger partial charge in [-0.25, -0.2) is 4.39 Å². The van der Waals surface area contributed by atoms with E-state index in [-0.39, 0.29) is 10.9 Å². The monoisotopic (exact) mass is 287 g/mol. The van der Waals surface area contributed by atoms with E-state index >= 15 is 0 Å². The normalized spacial score (nSPS) is 10.5. The first-order valence-corrected chi connectivity index (χ1v) is 6.47. The molecule has 0 unspecified atom stereocenters. The highest BCUT2D eigenvalue weighted by atomic mass is 32.1. The van der Waals surface area contributed by atoms with Gasteiger partial charge in [0, 0.05) is 0 Å². The predicted molar refractivity (Wildman–Crippen MR) is 84.5 cm³/mol. The first-order chi connectivity index (χ1) is 9.65. The van der Waals surface area contributed by atoms with Crippen LogP contribution in [0.4, 0.5) is 10.1 Å². The Bertz CT molecular complexity index is 623. The number of anilines is 1. The third-order valence-electron chi connectivity index (χ3n) is 2.58. The number of nitrogens with one attached hydrogen (secondary N) is 2. The number of nitrogens with zero attached hydrogens (tertiary/aromatic N) is 1. The topological polar surface area (TPSA) is 36.4 Å². The fraction of sp³-hybridized carbons (Fsp3) is 0.0667. The lowest BCUT2D eigenvalue weighted by molar-refractivity contribution is 0.632. The molecule has 0 heterocycles. The molecule has 102 valence electrons. The lowest BCUT2D eigenvalue weighted by atomic mass is 10.2. The maximum absolute atomic E-state index is 13.4. The van der Waals surface area contributed by atoms with Crippen LogP contribution in [0.15, 0.2) is 53.6 Å². The summed E-state index contributed by atoms with van der Waals surface area (Å²) in [6.07, 6.45) is 1.65. The summed E-state index contributed by atoms with van der Waals surface area (Å²) in [7, 11) is 0. The van der Waals surface area contributed by atoms with E-state index in [9.17, 15) is 4.39 Å². The van der Waals surface area contributed by atoms with Crippen molar-refractivity contribution in [1.29, 1.82) is 0 Å². The summed E-state index contributed by atoms with van der Waals surface area (Å²) >= 11 is 5.03. The van der Waals surface area contributed by atoms with Gasteiger partial charge < -0.3 is 5.32 Å². The van der Waals surface area contributed by atoms with Crippen LogP contribution >= 0.6 is 12.2 Å². The molecule has 0 aromatic heterocycles. The molecule has 5 heteroatoms. The van der Waals surface area contributed by atoms with Crippen LogP contribution in [-0.2, 0) is 0 Å². The van der Waals surface area contributed by atoms with Crippen molar-refractivity contribution in [2.24, 2.45) is 5.10 Å². The molecule has 0 radical (unpaired) electrons. The van der Waals surface area contributed by atoms with Crippen LogP contribution in [-0.4, -0.2) is 11.3 Å². The van der Waals surface area contributed by atoms with Crippen molar-refractivity contribution in [3.8, 4) is 0 Å². The molecule has 0 saturated carbocycles. The van der Waals surface area contributed by atoms with Gasteiger partial charge in [-0.2, -0.15) is 5.10 Å². The molecule has 0 saturated heterocycles. The Balaban J connectivity index is 1.89. The molecule has 2 aromatic rings. The zero-order valence-corrected chi connectivity index (χ0v) is 11.7. The van der Waals surface area contributed by atoms with Gasteiger partial charge in [-0.3, -0.25) is 5.43 Å². The molecule has 2 rings (SSSR count). The molecule has 2 N–H and O–H groups in total. The minimum absolute atomic E-state index is 0.235. The smallest absolute Gasteiger partial charge is 0.191 e. The van der Waals surface area contributed by atoms with Crippen LogP contribution in [0.5, 0.6) is 0 Å². The van der Waals surface area contributed by atoms with Gasteiger partial charge in [-0.05, 0) is 36.8 Å². The minimum Gasteiger partial charge on any atom is -0.329 e. The van der Waals surface area contributed by atoms with Crippen molar-refractivity contribution in [3.05, 3.63) is 65.5 Å². The molecule has 0 aliphatic heterocycles. The highest BCUT2D eigenvalue weighted by Crippen LogP contribution is 2.11. The number of hydrogen-bond donors (Lipinski definition) is 2. The van der Waals surface area contributed by atoms with Crippen LogP contribution in [0.1, 0.15) is 11.1 Å². The van der Waals surface area contributed by atoms with E-state index in [1.54, 1.807) is 24.4 Å². The number of hydrazone groups is 1. The molecule has 0 aliphatic carbocycles. The third kappa shape index (κ3) is 4.13. The van der Waals surface area contributed by atoms with E-state index in [2.05, 4.69) is 15.8 Å². The lowest BCUT2D eigenvalue weighted by Gasteiger charge is -2.07. The van der Waals surface area contributed by atoms with Crippen LogP contribution in [0.3, 0.4) is 0 Å². The van der Waals surface area contributed by atoms with Crippen LogP contribution in [0, 0.1) is 12.7 Å². The number of aryl methyl sites for hydroxylation is 1. The van der Waals surface area contributed by atoms with Gasteiger partial charge in [0.05, 0.1) is 11.9 Å². The molecular formula is C15H14FN3S. The summed E-state index contributed by atoms with van der Waals surface area (Å²) in [5, 5.41) is 6.97. The van der Waals surface area contributed by atoms with Crippen molar-refractivity contribution in [2.75, 3.05) is 5.32 Å². The van der Waals surface area contributed by atoms with Gasteiger partial charge in [-0.1, -0.05) is 42.0 Å². The quantitative estimate of drug-likeness (QED) is 0.516. The molecule has 3 nitrogen and oxygen atoms in total. The SMILES string of the molecule is Cc1ccc(/C=N\NC(=S)Nc2ccccc2F)cc1. The van der Waals surface area contributed by atoms with E-state index in [4.69, 9.17) is 12.2 Å². The van der Waals surface area contributed by atoms with Crippen molar-refractivity contribution in [2.45, 2.75) is 6.92 Å². The van der Waals surface area contributed by atoms with E-state index < -0.39 is 0 Å². The first kappa shape index (κ1) is 14.1. The summed E-state index contributed by atoms with van der Waals surface area (Å²) in [5.41, 5.74) is 5.10. The highest BCUT2D eigenvalue weighted by molar-refractivity contribution is 7.80. The van der Waals surface area contributed by atoms with Crippen molar-refractivity contribution >= 4 is 29.2 Å². The van der Waals surface area contributed by atoms with Crippen molar-refractivity contribution in [3.63, 3.8) is 0 Å². The third-order valence-corrected chi connectivity index (χ3v) is 2.77. The zero-order valence-electron chi connectivity index (χ0n) is 10.9. The summed E-state index contributed by atoms with van der Waals surface area (Å²) in [5.74, 6) is -0.362. The average Bonchev–Trinajstić information content (AvgIpc) is 2.44. The van der Waals surface area contributed by atoms with Gasteiger partial charge in [0.1, 0.15) is 5.82 Å². The van der Waals surface area contributed by atoms with Gasteiger partial charge >= 0.3 is 0 Å². The molecule has 0 fully saturated rings. The Kier molecular flexibility index (Phi) is 4.79. The molecule has 0 aliphatic rings.